The largest absolute Gasteiger partial charge is 0.508 e. The van der Waals surface area contributed by atoms with E-state index in [-0.39, 0.29) is 17.8 Å². The van der Waals surface area contributed by atoms with E-state index in [1.54, 1.807) is 12.1 Å². The number of ether oxygens (including phenoxy) is 1. The fraction of sp³-hybridized carbons (Fsp3) is 0.300. The summed E-state index contributed by atoms with van der Waals surface area (Å²) >= 11 is 0. The lowest BCUT2D eigenvalue weighted by Gasteiger charge is -2.06. The highest BCUT2D eigenvalue weighted by Gasteiger charge is 2.29. The molecule has 13 heavy (non-hydrogen) atoms. The van der Waals surface area contributed by atoms with Crippen molar-refractivity contribution >= 4 is 5.97 Å². The molecule has 1 aliphatic heterocycles. The summed E-state index contributed by atoms with van der Waals surface area (Å²) in [5.41, 5.74) is 1.37. The normalized spacial score (nSPS) is 19.8. The molecule has 1 atom stereocenters. The quantitative estimate of drug-likeness (QED) is 0.669. The fourth-order valence-electron chi connectivity index (χ4n) is 1.56. The molecule has 0 spiro atoms. The van der Waals surface area contributed by atoms with Gasteiger partial charge in [0, 0.05) is 5.56 Å². The first-order valence-electron chi connectivity index (χ1n) is 4.26. The van der Waals surface area contributed by atoms with Crippen LogP contribution in [0, 0.1) is 0 Å². The van der Waals surface area contributed by atoms with Crippen LogP contribution < -0.4 is 0 Å². The van der Waals surface area contributed by atoms with Crippen molar-refractivity contribution in [3.63, 3.8) is 0 Å². The van der Waals surface area contributed by atoms with Crippen LogP contribution in [0.3, 0.4) is 0 Å². The predicted octanol–water partition coefficient (Wildman–Crippen LogP) is 2.01. The van der Waals surface area contributed by atoms with E-state index in [9.17, 15) is 9.90 Å². The van der Waals surface area contributed by atoms with Crippen LogP contribution in [0.2, 0.25) is 0 Å². The lowest BCUT2D eigenvalue weighted by Crippen LogP contribution is -1.96. The Balaban J connectivity index is 2.52. The Morgan fingerprint density at radius 3 is 3.00 bits per heavy atom. The van der Waals surface area contributed by atoms with Crippen LogP contribution in [-0.2, 0) is 4.74 Å². The number of aromatic hydroxyl groups is 1. The van der Waals surface area contributed by atoms with Gasteiger partial charge in [0.1, 0.15) is 11.9 Å². The number of carbonyl (C=O) groups excluding carboxylic acids is 1. The number of esters is 1. The molecular weight excluding hydrogens is 168 g/mol. The van der Waals surface area contributed by atoms with Crippen LogP contribution in [0.15, 0.2) is 18.2 Å². The first-order valence-corrected chi connectivity index (χ1v) is 4.26. The van der Waals surface area contributed by atoms with Crippen molar-refractivity contribution in [1.29, 1.82) is 0 Å². The van der Waals surface area contributed by atoms with Crippen molar-refractivity contribution in [2.75, 3.05) is 0 Å². The van der Waals surface area contributed by atoms with Crippen molar-refractivity contribution in [2.24, 2.45) is 0 Å². The van der Waals surface area contributed by atoms with Gasteiger partial charge in [-0.3, -0.25) is 0 Å². The van der Waals surface area contributed by atoms with Gasteiger partial charge < -0.3 is 9.84 Å². The van der Waals surface area contributed by atoms with Crippen LogP contribution >= 0.6 is 0 Å². The average molecular weight is 178 g/mol. The number of phenols is 1. The molecule has 0 radical (unpaired) electrons. The van der Waals surface area contributed by atoms with Gasteiger partial charge in [0.15, 0.2) is 0 Å². The van der Waals surface area contributed by atoms with E-state index in [4.69, 9.17) is 4.74 Å². The van der Waals surface area contributed by atoms with E-state index in [2.05, 4.69) is 0 Å². The van der Waals surface area contributed by atoms with Crippen LogP contribution in [0.25, 0.3) is 0 Å². The maximum Gasteiger partial charge on any atom is 0.339 e. The standard InChI is InChI=1S/C10H10O3/c1-2-9-8-5-6(11)3-4-7(8)10(12)13-9/h3-5,9,11H,2H2,1H3. The van der Waals surface area contributed by atoms with Gasteiger partial charge in [-0.05, 0) is 24.6 Å². The fourth-order valence-corrected chi connectivity index (χ4v) is 1.56. The minimum absolute atomic E-state index is 0.176. The van der Waals surface area contributed by atoms with Gasteiger partial charge in [0.2, 0.25) is 0 Å². The molecule has 1 aromatic rings. The number of rotatable bonds is 1. The summed E-state index contributed by atoms with van der Waals surface area (Å²) in [5.74, 6) is -0.114. The van der Waals surface area contributed by atoms with Gasteiger partial charge in [-0.2, -0.15) is 0 Å². The molecule has 0 saturated heterocycles. The van der Waals surface area contributed by atoms with Crippen LogP contribution in [0.5, 0.6) is 5.75 Å². The Bertz CT molecular complexity index is 357. The molecule has 1 N–H and O–H groups in total. The molecule has 0 fully saturated rings. The van der Waals surface area contributed by atoms with E-state index in [0.29, 0.717) is 5.56 Å². The van der Waals surface area contributed by atoms with Crippen molar-refractivity contribution < 1.29 is 14.6 Å². The SMILES string of the molecule is CCC1OC(=O)c2ccc(O)cc21. The predicted molar refractivity (Wildman–Crippen MR) is 46.6 cm³/mol. The lowest BCUT2D eigenvalue weighted by atomic mass is 10.0. The van der Waals surface area contributed by atoms with E-state index < -0.39 is 0 Å². The molecule has 2 rings (SSSR count). The summed E-state index contributed by atoms with van der Waals surface area (Å²) in [5, 5.41) is 9.23. The molecule has 0 saturated carbocycles. The number of carbonyl (C=O) groups is 1. The minimum Gasteiger partial charge on any atom is -0.508 e. The number of benzene rings is 1. The van der Waals surface area contributed by atoms with Crippen LogP contribution in [0.1, 0.15) is 35.4 Å². The summed E-state index contributed by atoms with van der Waals surface area (Å²) < 4.78 is 5.09. The third-order valence-electron chi connectivity index (χ3n) is 2.22. The zero-order valence-corrected chi connectivity index (χ0v) is 7.28. The summed E-state index contributed by atoms with van der Waals surface area (Å²) in [6.45, 7) is 1.94. The number of cyclic esters (lactones) is 1. The van der Waals surface area contributed by atoms with Crippen molar-refractivity contribution in [3.8, 4) is 5.75 Å². The molecule has 1 heterocycles. The summed E-state index contributed by atoms with van der Waals surface area (Å²) in [4.78, 5) is 11.2. The Kier molecular flexibility index (Phi) is 1.72. The van der Waals surface area contributed by atoms with Gasteiger partial charge >= 0.3 is 5.97 Å². The highest BCUT2D eigenvalue weighted by atomic mass is 16.5. The Hall–Kier alpha value is -1.51. The molecule has 1 aliphatic rings. The molecule has 1 unspecified atom stereocenters. The zero-order chi connectivity index (χ0) is 9.42. The average Bonchev–Trinajstić information content (AvgIpc) is 2.42. The second kappa shape index (κ2) is 2.76. The van der Waals surface area contributed by atoms with Crippen molar-refractivity contribution in [1.82, 2.24) is 0 Å². The minimum atomic E-state index is -0.290. The first kappa shape index (κ1) is 8.10. The molecule has 1 aromatic carbocycles. The molecule has 0 aliphatic carbocycles. The Morgan fingerprint density at radius 1 is 1.54 bits per heavy atom. The smallest absolute Gasteiger partial charge is 0.339 e. The third kappa shape index (κ3) is 1.16. The van der Waals surface area contributed by atoms with Gasteiger partial charge in [0.05, 0.1) is 5.56 Å². The molecule has 0 amide bonds. The van der Waals surface area contributed by atoms with E-state index in [1.807, 2.05) is 6.92 Å². The highest BCUT2D eigenvalue weighted by molar-refractivity contribution is 5.94. The van der Waals surface area contributed by atoms with E-state index in [0.717, 1.165) is 12.0 Å². The number of phenolic OH excluding ortho intramolecular Hbond substituents is 1. The summed E-state index contributed by atoms with van der Waals surface area (Å²) in [7, 11) is 0. The molecule has 0 bridgehead atoms. The second-order valence-corrected chi connectivity index (χ2v) is 3.07. The summed E-state index contributed by atoms with van der Waals surface area (Å²) in [6, 6.07) is 4.69. The van der Waals surface area contributed by atoms with Gasteiger partial charge in [-0.1, -0.05) is 6.92 Å². The molecule has 3 heteroatoms. The monoisotopic (exact) mass is 178 g/mol. The Labute approximate surface area is 76.0 Å². The summed E-state index contributed by atoms with van der Waals surface area (Å²) in [6.07, 6.45) is 0.553. The van der Waals surface area contributed by atoms with Crippen LogP contribution in [0.4, 0.5) is 0 Å². The lowest BCUT2D eigenvalue weighted by molar-refractivity contribution is 0.0378. The van der Waals surface area contributed by atoms with Gasteiger partial charge in [-0.25, -0.2) is 4.79 Å². The maximum atomic E-state index is 11.2. The van der Waals surface area contributed by atoms with E-state index in [1.165, 1.54) is 6.07 Å². The Morgan fingerprint density at radius 2 is 2.31 bits per heavy atom. The maximum absolute atomic E-state index is 11.2. The van der Waals surface area contributed by atoms with Crippen molar-refractivity contribution in [2.45, 2.75) is 19.4 Å². The third-order valence-corrected chi connectivity index (χ3v) is 2.22. The zero-order valence-electron chi connectivity index (χ0n) is 7.28. The topological polar surface area (TPSA) is 46.5 Å². The first-order chi connectivity index (χ1) is 6.22. The van der Waals surface area contributed by atoms with Gasteiger partial charge in [-0.15, -0.1) is 0 Å². The number of hydrogen-bond acceptors (Lipinski definition) is 3. The highest BCUT2D eigenvalue weighted by Crippen LogP contribution is 2.34. The molecule has 3 nitrogen and oxygen atoms in total. The number of fused-ring (bicyclic) bond motifs is 1. The molecule has 0 aromatic heterocycles. The number of hydrogen-bond donors (Lipinski definition) is 1. The second-order valence-electron chi connectivity index (χ2n) is 3.07. The molecular formula is C10H10O3. The molecule has 68 valence electrons. The van der Waals surface area contributed by atoms with E-state index >= 15 is 0 Å². The van der Waals surface area contributed by atoms with Crippen LogP contribution in [-0.4, -0.2) is 11.1 Å². The van der Waals surface area contributed by atoms with Crippen molar-refractivity contribution in [3.05, 3.63) is 29.3 Å². The van der Waals surface area contributed by atoms with Gasteiger partial charge in [0.25, 0.3) is 0 Å².